The summed E-state index contributed by atoms with van der Waals surface area (Å²) >= 11 is 1.77. The minimum absolute atomic E-state index is 0.404. The second-order valence-electron chi connectivity index (χ2n) is 4.70. The molecule has 0 aliphatic carbocycles. The van der Waals surface area contributed by atoms with Gasteiger partial charge < -0.3 is 5.43 Å². The number of aryl methyl sites for hydroxylation is 1. The molecule has 1 N–H and O–H groups in total. The third-order valence-corrected chi connectivity index (χ3v) is 4.60. The number of aromatic nitrogens is 3. The van der Waals surface area contributed by atoms with Crippen LogP contribution >= 0.6 is 11.8 Å². The Hall–Kier alpha value is -1.49. The fraction of sp³-hybridized carbons (Fsp3) is 0.385. The summed E-state index contributed by atoms with van der Waals surface area (Å²) in [6, 6.07) is 8.66. The van der Waals surface area contributed by atoms with E-state index < -0.39 is 0 Å². The number of fused-ring (bicyclic) bond motifs is 1. The highest BCUT2D eigenvalue weighted by Crippen LogP contribution is 2.32. The Morgan fingerprint density at radius 3 is 2.78 bits per heavy atom. The predicted molar refractivity (Wildman–Crippen MR) is 74.3 cm³/mol. The lowest BCUT2D eigenvalue weighted by atomic mass is 10.1. The van der Waals surface area contributed by atoms with Crippen molar-refractivity contribution in [2.45, 2.75) is 37.2 Å². The van der Waals surface area contributed by atoms with Gasteiger partial charge in [-0.2, -0.15) is 0 Å². The van der Waals surface area contributed by atoms with E-state index in [1.807, 2.05) is 16.8 Å². The third-order valence-electron chi connectivity index (χ3n) is 3.35. The third kappa shape index (κ3) is 1.79. The molecule has 0 saturated carbocycles. The van der Waals surface area contributed by atoms with Crippen LogP contribution in [0.4, 0.5) is 0 Å². The first kappa shape index (κ1) is 11.6. The first-order valence-electron chi connectivity index (χ1n) is 6.11. The van der Waals surface area contributed by atoms with Crippen LogP contribution in [0, 0.1) is 6.92 Å². The van der Waals surface area contributed by atoms with Gasteiger partial charge in [-0.1, -0.05) is 43.0 Å². The largest absolute Gasteiger partial charge is 0.318 e. The van der Waals surface area contributed by atoms with Gasteiger partial charge in [0, 0.05) is 10.8 Å². The van der Waals surface area contributed by atoms with Crippen molar-refractivity contribution in [3.63, 3.8) is 0 Å². The van der Waals surface area contributed by atoms with Crippen LogP contribution in [0.25, 0.3) is 11.4 Å². The van der Waals surface area contributed by atoms with E-state index in [4.69, 9.17) is 0 Å². The Bertz CT molecular complexity index is 578. The van der Waals surface area contributed by atoms with Crippen LogP contribution in [0.1, 0.15) is 19.4 Å². The normalized spacial score (nSPS) is 22.4. The predicted octanol–water partition coefficient (Wildman–Crippen LogP) is 2.68. The van der Waals surface area contributed by atoms with E-state index in [9.17, 15) is 0 Å². The van der Waals surface area contributed by atoms with Crippen molar-refractivity contribution >= 4 is 11.8 Å². The molecule has 5 heteroatoms. The molecule has 2 atom stereocenters. The van der Waals surface area contributed by atoms with Crippen LogP contribution < -0.4 is 5.43 Å². The molecule has 3 rings (SSSR count). The maximum absolute atomic E-state index is 4.33. The molecule has 0 amide bonds. The van der Waals surface area contributed by atoms with Crippen molar-refractivity contribution in [1.29, 1.82) is 0 Å². The molecule has 2 heterocycles. The van der Waals surface area contributed by atoms with Crippen LogP contribution in [-0.4, -0.2) is 26.2 Å². The number of hydrogen-bond donors (Lipinski definition) is 1. The second kappa shape index (κ2) is 4.31. The summed E-state index contributed by atoms with van der Waals surface area (Å²) in [6.45, 7) is 6.48. The minimum Gasteiger partial charge on any atom is -0.318 e. The summed E-state index contributed by atoms with van der Waals surface area (Å²) in [4.78, 5) is 0. The molecule has 94 valence electrons. The number of rotatable bonds is 1. The summed E-state index contributed by atoms with van der Waals surface area (Å²) in [5.74, 6) is 0.898. The van der Waals surface area contributed by atoms with Crippen LogP contribution in [0.15, 0.2) is 29.4 Å². The molecule has 2 unspecified atom stereocenters. The summed E-state index contributed by atoms with van der Waals surface area (Å²) in [5, 5.41) is 10.0. The van der Waals surface area contributed by atoms with Crippen LogP contribution in [0.3, 0.4) is 0 Å². The lowest BCUT2D eigenvalue weighted by molar-refractivity contribution is 0.618. The first-order valence-corrected chi connectivity index (χ1v) is 6.99. The second-order valence-corrected chi connectivity index (χ2v) is 6.04. The van der Waals surface area contributed by atoms with E-state index in [1.54, 1.807) is 11.8 Å². The molecule has 0 radical (unpaired) electrons. The van der Waals surface area contributed by atoms with Crippen molar-refractivity contribution in [2.24, 2.45) is 0 Å². The van der Waals surface area contributed by atoms with Gasteiger partial charge in [0.2, 0.25) is 5.16 Å². The quantitative estimate of drug-likeness (QED) is 0.856. The summed E-state index contributed by atoms with van der Waals surface area (Å²) in [7, 11) is 0. The molecular formula is C13H16N4S. The van der Waals surface area contributed by atoms with Crippen LogP contribution in [0.5, 0.6) is 0 Å². The Labute approximate surface area is 111 Å². The van der Waals surface area contributed by atoms with E-state index in [1.165, 1.54) is 5.56 Å². The number of hydrogen-bond acceptors (Lipinski definition) is 4. The highest BCUT2D eigenvalue weighted by Gasteiger charge is 2.26. The standard InChI is InChI=1S/C13H16N4S/c1-8-6-4-5-7-11(8)12-14-15-13-17(12)16-9(2)10(3)18-13/h4-7,9-10,16H,1-3H3. The van der Waals surface area contributed by atoms with Gasteiger partial charge in [-0.15, -0.1) is 10.2 Å². The lowest BCUT2D eigenvalue weighted by Crippen LogP contribution is -2.37. The van der Waals surface area contributed by atoms with E-state index in [-0.39, 0.29) is 0 Å². The maximum atomic E-state index is 4.33. The maximum Gasteiger partial charge on any atom is 0.210 e. The zero-order chi connectivity index (χ0) is 12.7. The van der Waals surface area contributed by atoms with E-state index in [2.05, 4.69) is 48.5 Å². The number of benzene rings is 1. The first-order chi connectivity index (χ1) is 8.66. The SMILES string of the molecule is Cc1ccccc1-c1nnc2n1NC(C)C(C)S2. The van der Waals surface area contributed by atoms with Crippen molar-refractivity contribution in [1.82, 2.24) is 14.9 Å². The molecule has 18 heavy (non-hydrogen) atoms. The zero-order valence-corrected chi connectivity index (χ0v) is 11.5. The van der Waals surface area contributed by atoms with Crippen molar-refractivity contribution < 1.29 is 0 Å². The van der Waals surface area contributed by atoms with Gasteiger partial charge in [0.15, 0.2) is 5.82 Å². The number of nitrogens with zero attached hydrogens (tertiary/aromatic N) is 3. The topological polar surface area (TPSA) is 42.7 Å². The van der Waals surface area contributed by atoms with E-state index in [0.717, 1.165) is 16.5 Å². The highest BCUT2D eigenvalue weighted by atomic mass is 32.2. The van der Waals surface area contributed by atoms with Gasteiger partial charge in [0.25, 0.3) is 0 Å². The average molecular weight is 260 g/mol. The van der Waals surface area contributed by atoms with Crippen LogP contribution in [-0.2, 0) is 0 Å². The summed E-state index contributed by atoms with van der Waals surface area (Å²) in [5.41, 5.74) is 5.80. The molecule has 1 aliphatic rings. The Balaban J connectivity index is 2.09. The van der Waals surface area contributed by atoms with Gasteiger partial charge >= 0.3 is 0 Å². The Morgan fingerprint density at radius 1 is 1.22 bits per heavy atom. The van der Waals surface area contributed by atoms with Crippen LogP contribution in [0.2, 0.25) is 0 Å². The van der Waals surface area contributed by atoms with Crippen molar-refractivity contribution in [3.8, 4) is 11.4 Å². The van der Waals surface area contributed by atoms with Gasteiger partial charge in [-0.3, -0.25) is 0 Å². The lowest BCUT2D eigenvalue weighted by Gasteiger charge is -2.28. The fourth-order valence-corrected chi connectivity index (χ4v) is 2.97. The molecule has 1 aromatic heterocycles. The molecule has 1 aliphatic heterocycles. The number of thioether (sulfide) groups is 1. The highest BCUT2D eigenvalue weighted by molar-refractivity contribution is 7.99. The summed E-state index contributed by atoms with van der Waals surface area (Å²) in [6.07, 6.45) is 0. The Morgan fingerprint density at radius 2 is 2.00 bits per heavy atom. The fourth-order valence-electron chi connectivity index (χ4n) is 2.04. The molecule has 0 bridgehead atoms. The molecule has 1 aromatic carbocycles. The zero-order valence-electron chi connectivity index (χ0n) is 10.7. The minimum atomic E-state index is 0.404. The monoisotopic (exact) mass is 260 g/mol. The number of nitrogens with one attached hydrogen (secondary N) is 1. The van der Waals surface area contributed by atoms with Crippen molar-refractivity contribution in [3.05, 3.63) is 29.8 Å². The average Bonchev–Trinajstić information content (AvgIpc) is 2.73. The van der Waals surface area contributed by atoms with Gasteiger partial charge in [-0.05, 0) is 19.4 Å². The molecular weight excluding hydrogens is 244 g/mol. The van der Waals surface area contributed by atoms with Crippen molar-refractivity contribution in [2.75, 3.05) is 5.43 Å². The molecule has 0 spiro atoms. The van der Waals surface area contributed by atoms with Gasteiger partial charge in [-0.25, -0.2) is 4.68 Å². The van der Waals surface area contributed by atoms with Gasteiger partial charge in [0.1, 0.15) is 0 Å². The van der Waals surface area contributed by atoms with Gasteiger partial charge in [0.05, 0.1) is 6.04 Å². The smallest absolute Gasteiger partial charge is 0.210 e. The molecule has 0 saturated heterocycles. The molecule has 2 aromatic rings. The Kier molecular flexibility index (Phi) is 2.78. The van der Waals surface area contributed by atoms with E-state index in [0.29, 0.717) is 11.3 Å². The molecule has 0 fully saturated rings. The molecule has 4 nitrogen and oxygen atoms in total. The summed E-state index contributed by atoms with van der Waals surface area (Å²) < 4.78 is 2.01. The van der Waals surface area contributed by atoms with E-state index >= 15 is 0 Å².